The summed E-state index contributed by atoms with van der Waals surface area (Å²) in [5.74, 6) is 0.157. The lowest BCUT2D eigenvalue weighted by Gasteiger charge is -2.17. The summed E-state index contributed by atoms with van der Waals surface area (Å²) in [5.41, 5.74) is 0. The van der Waals surface area contributed by atoms with Crippen LogP contribution in [0.15, 0.2) is 0 Å². The van der Waals surface area contributed by atoms with Crippen LogP contribution in [0.5, 0.6) is 0 Å². The zero-order valence-electron chi connectivity index (χ0n) is 9.15. The maximum atomic E-state index is 10.8. The summed E-state index contributed by atoms with van der Waals surface area (Å²) in [4.78, 5) is 10.8. The van der Waals surface area contributed by atoms with Gasteiger partial charge in [-0.3, -0.25) is 0 Å². The van der Waals surface area contributed by atoms with Gasteiger partial charge in [0.1, 0.15) is 0 Å². The predicted octanol–water partition coefficient (Wildman–Crippen LogP) is 0.660. The van der Waals surface area contributed by atoms with E-state index in [1.807, 2.05) is 13.8 Å². The van der Waals surface area contributed by atoms with Crippen LogP contribution in [-0.2, 0) is 0 Å². The first-order chi connectivity index (χ1) is 6.95. The highest BCUT2D eigenvalue weighted by atomic mass is 16.7. The molecule has 1 heterocycles. The van der Waals surface area contributed by atoms with Gasteiger partial charge in [0.05, 0.1) is 12.1 Å². The highest BCUT2D eigenvalue weighted by molar-refractivity contribution is 5.24. The Kier molecular flexibility index (Phi) is 3.17. The Bertz CT molecular complexity index is 347. The number of rotatable bonds is 4. The number of hydrogen-bond donors (Lipinski definition) is 0. The quantitative estimate of drug-likeness (QED) is 0.540. The van der Waals surface area contributed by atoms with Crippen molar-refractivity contribution in [3.8, 4) is 0 Å². The smallest absolute Gasteiger partial charge is 0.234 e. The molecular weight excluding hydrogens is 200 g/mol. The maximum Gasteiger partial charge on any atom is 0.307 e. The summed E-state index contributed by atoms with van der Waals surface area (Å²) in [6.45, 7) is 7.14. The molecule has 0 N–H and O–H groups in total. The van der Waals surface area contributed by atoms with Gasteiger partial charge in [0.15, 0.2) is 5.03 Å². The van der Waals surface area contributed by atoms with Gasteiger partial charge in [-0.05, 0) is 38.1 Å². The van der Waals surface area contributed by atoms with Gasteiger partial charge in [0, 0.05) is 0 Å². The van der Waals surface area contributed by atoms with Crippen LogP contribution in [0.2, 0.25) is 0 Å². The number of nitro groups is 1. The van der Waals surface area contributed by atoms with Crippen LogP contribution in [0.4, 0.5) is 5.95 Å². The third kappa shape index (κ3) is 2.20. The van der Waals surface area contributed by atoms with Gasteiger partial charge in [0.25, 0.3) is 0 Å². The Labute approximate surface area is 87.0 Å². The molecule has 0 aromatic carbocycles. The van der Waals surface area contributed by atoms with Crippen molar-refractivity contribution in [2.45, 2.75) is 39.8 Å². The number of tetrazole rings is 1. The molecule has 1 aromatic heterocycles. The molecule has 0 atom stereocenters. The maximum absolute atomic E-state index is 10.8. The lowest BCUT2D eigenvalue weighted by molar-refractivity contribution is -0.500. The molecule has 0 radical (unpaired) electrons. The van der Waals surface area contributed by atoms with Gasteiger partial charge >= 0.3 is 5.95 Å². The summed E-state index contributed by atoms with van der Waals surface area (Å²) in [7, 11) is 0. The van der Waals surface area contributed by atoms with Crippen molar-refractivity contribution >= 4 is 5.95 Å². The Morgan fingerprint density at radius 2 is 2.00 bits per heavy atom. The van der Waals surface area contributed by atoms with E-state index in [-0.39, 0.29) is 18.0 Å². The number of hydrogen-bond acceptors (Lipinski definition) is 5. The molecule has 15 heavy (non-hydrogen) atoms. The molecule has 0 saturated carbocycles. The van der Waals surface area contributed by atoms with E-state index in [1.165, 1.54) is 4.68 Å². The van der Waals surface area contributed by atoms with E-state index in [1.54, 1.807) is 13.8 Å². The molecule has 84 valence electrons. The van der Waals surface area contributed by atoms with Crippen LogP contribution in [0.3, 0.4) is 0 Å². The van der Waals surface area contributed by atoms with Gasteiger partial charge in [-0.1, -0.05) is 10.1 Å². The average molecular weight is 214 g/mol. The number of anilines is 1. The first kappa shape index (κ1) is 11.3. The van der Waals surface area contributed by atoms with Crippen molar-refractivity contribution in [1.29, 1.82) is 0 Å². The van der Waals surface area contributed by atoms with Crippen molar-refractivity contribution < 1.29 is 5.03 Å². The molecule has 8 nitrogen and oxygen atoms in total. The molecular formula is C7H14N6O2. The van der Waals surface area contributed by atoms with E-state index in [4.69, 9.17) is 0 Å². The fraction of sp³-hybridized carbons (Fsp3) is 0.857. The van der Waals surface area contributed by atoms with Crippen molar-refractivity contribution in [3.63, 3.8) is 0 Å². The molecule has 0 bridgehead atoms. The SMILES string of the molecule is CC(C)N(c1nnnn1C(C)C)[N+](=O)[O-]. The second kappa shape index (κ2) is 4.20. The third-order valence-electron chi connectivity index (χ3n) is 1.83. The predicted molar refractivity (Wildman–Crippen MR) is 52.8 cm³/mol. The van der Waals surface area contributed by atoms with Crippen LogP contribution in [0.25, 0.3) is 0 Å². The number of nitrogens with zero attached hydrogens (tertiary/aromatic N) is 6. The average Bonchev–Trinajstić information content (AvgIpc) is 2.51. The second-order valence-electron chi connectivity index (χ2n) is 3.69. The molecule has 0 aliphatic carbocycles. The first-order valence-electron chi connectivity index (χ1n) is 4.66. The van der Waals surface area contributed by atoms with E-state index >= 15 is 0 Å². The zero-order valence-corrected chi connectivity index (χ0v) is 9.15. The van der Waals surface area contributed by atoms with Crippen molar-refractivity contribution in [3.05, 3.63) is 10.1 Å². The van der Waals surface area contributed by atoms with E-state index in [0.29, 0.717) is 0 Å². The lowest BCUT2D eigenvalue weighted by atomic mass is 10.4. The largest absolute Gasteiger partial charge is 0.307 e. The van der Waals surface area contributed by atoms with Crippen molar-refractivity contribution in [2.75, 3.05) is 5.01 Å². The Morgan fingerprint density at radius 1 is 1.40 bits per heavy atom. The van der Waals surface area contributed by atoms with Gasteiger partial charge in [-0.2, -0.15) is 0 Å². The molecule has 0 spiro atoms. The normalized spacial score (nSPS) is 11.1. The summed E-state index contributed by atoms with van der Waals surface area (Å²) in [6, 6.07) is -0.320. The van der Waals surface area contributed by atoms with Crippen LogP contribution in [0.1, 0.15) is 33.7 Å². The fourth-order valence-electron chi connectivity index (χ4n) is 1.17. The van der Waals surface area contributed by atoms with Crippen LogP contribution in [0, 0.1) is 10.1 Å². The second-order valence-corrected chi connectivity index (χ2v) is 3.69. The van der Waals surface area contributed by atoms with Crippen LogP contribution < -0.4 is 5.01 Å². The van der Waals surface area contributed by atoms with Gasteiger partial charge in [-0.15, -0.1) is 0 Å². The summed E-state index contributed by atoms with van der Waals surface area (Å²) >= 11 is 0. The molecule has 0 unspecified atom stereocenters. The molecule has 1 rings (SSSR count). The lowest BCUT2D eigenvalue weighted by Crippen LogP contribution is -2.38. The van der Waals surface area contributed by atoms with E-state index in [2.05, 4.69) is 15.5 Å². The monoisotopic (exact) mass is 214 g/mol. The molecule has 1 aromatic rings. The minimum absolute atomic E-state index is 0.0174. The topological polar surface area (TPSA) is 90.0 Å². The highest BCUT2D eigenvalue weighted by Crippen LogP contribution is 2.16. The van der Waals surface area contributed by atoms with E-state index in [0.717, 1.165) is 5.01 Å². The molecule has 0 fully saturated rings. The Hall–Kier alpha value is -1.73. The molecule has 0 aliphatic heterocycles. The van der Waals surface area contributed by atoms with E-state index < -0.39 is 5.03 Å². The van der Waals surface area contributed by atoms with Crippen molar-refractivity contribution in [2.24, 2.45) is 0 Å². The zero-order chi connectivity index (χ0) is 11.6. The van der Waals surface area contributed by atoms with Crippen LogP contribution in [-0.4, -0.2) is 31.3 Å². The minimum Gasteiger partial charge on any atom is -0.234 e. The Balaban J connectivity index is 3.11. The van der Waals surface area contributed by atoms with Crippen LogP contribution >= 0.6 is 0 Å². The number of hydrazine groups is 1. The summed E-state index contributed by atoms with van der Waals surface area (Å²) in [5, 5.41) is 22.1. The number of aromatic nitrogens is 4. The van der Waals surface area contributed by atoms with Gasteiger partial charge < -0.3 is 0 Å². The molecule has 0 aliphatic rings. The molecule has 0 amide bonds. The standard InChI is InChI=1S/C7H14N6O2/c1-5(2)11-7(8-9-10-11)12(6(3)4)13(14)15/h5-6H,1-4H3. The summed E-state index contributed by atoms with van der Waals surface area (Å²) in [6.07, 6.45) is 0. The fourth-order valence-corrected chi connectivity index (χ4v) is 1.17. The third-order valence-corrected chi connectivity index (χ3v) is 1.83. The molecule has 0 saturated heterocycles. The van der Waals surface area contributed by atoms with Gasteiger partial charge in [-0.25, -0.2) is 14.8 Å². The Morgan fingerprint density at radius 3 is 2.40 bits per heavy atom. The van der Waals surface area contributed by atoms with E-state index in [9.17, 15) is 10.1 Å². The highest BCUT2D eigenvalue weighted by Gasteiger charge is 2.28. The summed E-state index contributed by atoms with van der Waals surface area (Å²) < 4.78 is 1.42. The first-order valence-corrected chi connectivity index (χ1v) is 4.66. The minimum atomic E-state index is -0.505. The molecule has 8 heteroatoms. The van der Waals surface area contributed by atoms with Gasteiger partial charge in [0.2, 0.25) is 0 Å². The van der Waals surface area contributed by atoms with Crippen molar-refractivity contribution in [1.82, 2.24) is 20.2 Å².